The van der Waals surface area contributed by atoms with Crippen LogP contribution in [0.3, 0.4) is 0 Å². The van der Waals surface area contributed by atoms with Gasteiger partial charge in [-0.05, 0) is 6.92 Å². The number of ether oxygens (including phenoxy) is 9. The van der Waals surface area contributed by atoms with Crippen LogP contribution in [0, 0.1) is 0 Å². The molecule has 0 aliphatic carbocycles. The monoisotopic (exact) mass is 864 g/mol. The van der Waals surface area contributed by atoms with Crippen molar-refractivity contribution in [1.82, 2.24) is 10.6 Å². The van der Waals surface area contributed by atoms with Crippen LogP contribution in [0.2, 0.25) is 0 Å². The fraction of sp³-hybridized carbons (Fsp3) is 0.939. The number of aliphatic hydroxyl groups excluding tert-OH is 13. The highest BCUT2D eigenvalue weighted by atomic mass is 16.8. The van der Waals surface area contributed by atoms with Crippen LogP contribution in [0.1, 0.15) is 20.8 Å². The molecule has 0 aromatic rings. The molecular weight excluding hydrogens is 808 g/mol. The smallest absolute Gasteiger partial charge is 0.217 e. The third kappa shape index (κ3) is 10.5. The summed E-state index contributed by atoms with van der Waals surface area (Å²) in [4.78, 5) is 24.8. The van der Waals surface area contributed by atoms with Crippen molar-refractivity contribution >= 4 is 11.8 Å². The second kappa shape index (κ2) is 20.5. The van der Waals surface area contributed by atoms with Crippen molar-refractivity contribution in [3.8, 4) is 0 Å². The maximum absolute atomic E-state index is 12.6. The molecule has 0 radical (unpaired) electrons. The van der Waals surface area contributed by atoms with Gasteiger partial charge in [-0.25, -0.2) is 0 Å². The summed E-state index contributed by atoms with van der Waals surface area (Å²) in [6, 6.07) is -3.25. The number of hydrogen-bond donors (Lipinski definition) is 15. The zero-order valence-electron chi connectivity index (χ0n) is 32.0. The first-order chi connectivity index (χ1) is 27.8. The van der Waals surface area contributed by atoms with Gasteiger partial charge < -0.3 is 120 Å². The highest BCUT2D eigenvalue weighted by Crippen LogP contribution is 2.36. The van der Waals surface area contributed by atoms with E-state index in [1.165, 1.54) is 6.92 Å². The Balaban J connectivity index is 1.45. The minimum Gasteiger partial charge on any atom is -0.394 e. The fourth-order valence-corrected chi connectivity index (χ4v) is 7.48. The van der Waals surface area contributed by atoms with E-state index in [-0.39, 0.29) is 0 Å². The molecule has 5 fully saturated rings. The number of aliphatic hydroxyl groups is 13. The predicted octanol–water partition coefficient (Wildman–Crippen LogP) is -9.97. The molecule has 5 aliphatic rings. The Morgan fingerprint density at radius 1 is 0.508 bits per heavy atom. The van der Waals surface area contributed by atoms with Crippen molar-refractivity contribution in [3.63, 3.8) is 0 Å². The number of amides is 2. The maximum atomic E-state index is 12.6. The van der Waals surface area contributed by atoms with Crippen molar-refractivity contribution in [2.24, 2.45) is 0 Å². The number of hydrogen-bond acceptors (Lipinski definition) is 24. The lowest BCUT2D eigenvalue weighted by atomic mass is 9.93. The van der Waals surface area contributed by atoms with E-state index >= 15 is 0 Å². The number of carbonyl (C=O) groups excluding carboxylic acids is 2. The summed E-state index contributed by atoms with van der Waals surface area (Å²) in [6.07, 6.45) is -38.2. The highest BCUT2D eigenvalue weighted by Gasteiger charge is 2.57. The molecule has 0 bridgehead atoms. The van der Waals surface area contributed by atoms with Crippen LogP contribution < -0.4 is 10.6 Å². The second-order valence-corrected chi connectivity index (χ2v) is 15.0. The minimum atomic E-state index is -1.97. The lowest BCUT2D eigenvalue weighted by Crippen LogP contribution is -2.71. The van der Waals surface area contributed by atoms with Gasteiger partial charge in [0.25, 0.3) is 0 Å². The lowest BCUT2D eigenvalue weighted by Gasteiger charge is -2.51. The summed E-state index contributed by atoms with van der Waals surface area (Å²) < 4.78 is 51.8. The van der Waals surface area contributed by atoms with Crippen LogP contribution in [0.15, 0.2) is 0 Å². The average molecular weight is 865 g/mol. The van der Waals surface area contributed by atoms with Crippen LogP contribution in [-0.4, -0.2) is 252 Å². The Bertz CT molecular complexity index is 1370. The van der Waals surface area contributed by atoms with Crippen LogP contribution in [0.5, 0.6) is 0 Å². The molecule has 5 heterocycles. The molecule has 0 saturated carbocycles. The molecule has 2 amide bonds. The summed E-state index contributed by atoms with van der Waals surface area (Å²) in [5.74, 6) is -1.52. The van der Waals surface area contributed by atoms with Crippen LogP contribution in [0.4, 0.5) is 0 Å². The van der Waals surface area contributed by atoms with Gasteiger partial charge in [-0.15, -0.1) is 0 Å². The van der Waals surface area contributed by atoms with E-state index in [0.717, 1.165) is 13.8 Å². The number of carbonyl (C=O) groups is 2. The Morgan fingerprint density at radius 3 is 1.64 bits per heavy atom. The van der Waals surface area contributed by atoms with Crippen molar-refractivity contribution in [2.45, 2.75) is 168 Å². The molecule has 0 aromatic heterocycles. The Morgan fingerprint density at radius 2 is 1.03 bits per heavy atom. The average Bonchev–Trinajstić information content (AvgIpc) is 3.19. The van der Waals surface area contributed by atoms with Gasteiger partial charge in [0.05, 0.1) is 32.5 Å². The van der Waals surface area contributed by atoms with Gasteiger partial charge >= 0.3 is 0 Å². The molecule has 24 unspecified atom stereocenters. The molecule has 5 aliphatic heterocycles. The fourth-order valence-electron chi connectivity index (χ4n) is 7.48. The standard InChI is InChI=1S/C33H56N2O24/c1-8-17(42)21(46)24(49)32(52-8)58-27-16(35-10(3)40)29(50)53-14(6-38)26(27)57-30-15(34-9(2)39)20(45)25(13(5-37)55-30)56-33-28(22(47)19(44)12(4-36)54-33)59-31-23(48)18(43)11(41)7-51-31/h8,11-33,36-38,41-50H,4-7H2,1-3H3,(H,34,39)(H,35,40). The molecule has 5 saturated heterocycles. The summed E-state index contributed by atoms with van der Waals surface area (Å²) in [7, 11) is 0. The van der Waals surface area contributed by atoms with E-state index in [2.05, 4.69) is 10.6 Å². The van der Waals surface area contributed by atoms with Crippen molar-refractivity contribution in [1.29, 1.82) is 0 Å². The third-order valence-corrected chi connectivity index (χ3v) is 10.7. The topological polar surface area (TPSA) is 404 Å². The van der Waals surface area contributed by atoms with Gasteiger partial charge in [0.2, 0.25) is 11.8 Å². The molecule has 5 rings (SSSR count). The zero-order valence-corrected chi connectivity index (χ0v) is 32.0. The highest BCUT2D eigenvalue weighted by molar-refractivity contribution is 5.73. The predicted molar refractivity (Wildman–Crippen MR) is 182 cm³/mol. The summed E-state index contributed by atoms with van der Waals surface area (Å²) in [6.45, 7) is 0.185. The number of nitrogens with one attached hydrogen (secondary N) is 2. The first-order valence-corrected chi connectivity index (χ1v) is 18.9. The zero-order chi connectivity index (χ0) is 43.6. The van der Waals surface area contributed by atoms with E-state index in [1.54, 1.807) is 0 Å². The van der Waals surface area contributed by atoms with E-state index in [9.17, 15) is 76.0 Å². The van der Waals surface area contributed by atoms with E-state index < -0.39 is 186 Å². The van der Waals surface area contributed by atoms with Crippen molar-refractivity contribution in [3.05, 3.63) is 0 Å². The molecule has 24 atom stereocenters. The van der Waals surface area contributed by atoms with E-state index in [4.69, 9.17) is 42.6 Å². The quantitative estimate of drug-likeness (QED) is 0.0817. The van der Waals surface area contributed by atoms with Gasteiger partial charge in [-0.2, -0.15) is 0 Å². The van der Waals surface area contributed by atoms with E-state index in [1.807, 2.05) is 0 Å². The maximum Gasteiger partial charge on any atom is 0.217 e. The van der Waals surface area contributed by atoms with E-state index in [0.29, 0.717) is 0 Å². The number of rotatable bonds is 13. The first-order valence-electron chi connectivity index (χ1n) is 18.9. The summed E-state index contributed by atoms with van der Waals surface area (Å²) in [5.41, 5.74) is 0. The van der Waals surface area contributed by atoms with Gasteiger partial charge in [0.1, 0.15) is 110 Å². The summed E-state index contributed by atoms with van der Waals surface area (Å²) in [5, 5.41) is 142. The molecular formula is C33H56N2O24. The minimum absolute atomic E-state index is 0.528. The molecule has 26 nitrogen and oxygen atoms in total. The van der Waals surface area contributed by atoms with Gasteiger partial charge in [-0.3, -0.25) is 9.59 Å². The SMILES string of the molecule is CC(=O)NC1C(OC2C(CO)OC(O)C(NC(C)=O)C2OC2OC(C)C(O)C(O)C2O)OC(CO)C(OC2OC(CO)C(O)C(O)C2OC2OCC(O)C(O)C2O)C1O. The Kier molecular flexibility index (Phi) is 16.7. The van der Waals surface area contributed by atoms with Gasteiger partial charge in [0, 0.05) is 13.8 Å². The summed E-state index contributed by atoms with van der Waals surface area (Å²) >= 11 is 0. The van der Waals surface area contributed by atoms with Crippen molar-refractivity contribution in [2.75, 3.05) is 26.4 Å². The largest absolute Gasteiger partial charge is 0.394 e. The van der Waals surface area contributed by atoms with Gasteiger partial charge in [0.15, 0.2) is 31.5 Å². The molecule has 0 spiro atoms. The second-order valence-electron chi connectivity index (χ2n) is 15.0. The normalized spacial score (nSPS) is 49.6. The van der Waals surface area contributed by atoms with Crippen molar-refractivity contribution < 1.29 is 119 Å². The third-order valence-electron chi connectivity index (χ3n) is 10.7. The molecule has 342 valence electrons. The lowest BCUT2D eigenvalue weighted by molar-refractivity contribution is -0.386. The first kappa shape index (κ1) is 48.1. The van der Waals surface area contributed by atoms with Crippen LogP contribution in [0.25, 0.3) is 0 Å². The van der Waals surface area contributed by atoms with Crippen LogP contribution in [-0.2, 0) is 52.2 Å². The molecule has 15 N–H and O–H groups in total. The Labute approximate surface area is 335 Å². The van der Waals surface area contributed by atoms with Crippen LogP contribution >= 0.6 is 0 Å². The molecule has 0 aromatic carbocycles. The molecule has 26 heteroatoms. The Hall–Kier alpha value is -1.94. The molecule has 59 heavy (non-hydrogen) atoms. The van der Waals surface area contributed by atoms with Gasteiger partial charge in [-0.1, -0.05) is 0 Å².